The lowest BCUT2D eigenvalue weighted by atomic mass is 10.1. The molecule has 12 heavy (non-hydrogen) atoms. The van der Waals surface area contributed by atoms with Gasteiger partial charge in [-0.1, -0.05) is 0 Å². The number of aliphatic hydroxyl groups is 2. The Kier molecular flexibility index (Phi) is 3.16. The maximum atomic E-state index is 8.70. The van der Waals surface area contributed by atoms with Gasteiger partial charge in [-0.15, -0.1) is 0 Å². The minimum atomic E-state index is -1.46. The van der Waals surface area contributed by atoms with Crippen molar-refractivity contribution in [2.24, 2.45) is 5.73 Å². The molecule has 0 aromatic carbocycles. The molecule has 0 bridgehead atoms. The van der Waals surface area contributed by atoms with Crippen LogP contribution in [0.5, 0.6) is 0 Å². The van der Waals surface area contributed by atoms with Crippen molar-refractivity contribution in [3.63, 3.8) is 0 Å². The number of nitrogens with zero attached hydrogens (tertiary/aromatic N) is 1. The number of hydrogen-bond acceptors (Lipinski definition) is 4. The summed E-state index contributed by atoms with van der Waals surface area (Å²) >= 11 is 0. The van der Waals surface area contributed by atoms with Crippen LogP contribution >= 0.6 is 0 Å². The van der Waals surface area contributed by atoms with Crippen LogP contribution in [0.3, 0.4) is 0 Å². The van der Waals surface area contributed by atoms with Gasteiger partial charge in [0.15, 0.2) is 6.29 Å². The fraction of sp³-hybridized carbons (Fsp3) is 0.375. The summed E-state index contributed by atoms with van der Waals surface area (Å²) < 4.78 is 0. The molecule has 0 saturated heterocycles. The van der Waals surface area contributed by atoms with Gasteiger partial charge in [0.25, 0.3) is 0 Å². The molecule has 0 radical (unpaired) electrons. The van der Waals surface area contributed by atoms with Crippen molar-refractivity contribution in [1.82, 2.24) is 4.98 Å². The number of hydrogen-bond donors (Lipinski definition) is 3. The van der Waals surface area contributed by atoms with Crippen molar-refractivity contribution in [3.8, 4) is 0 Å². The second kappa shape index (κ2) is 4.15. The van der Waals surface area contributed by atoms with Gasteiger partial charge in [0.2, 0.25) is 0 Å². The van der Waals surface area contributed by atoms with Crippen molar-refractivity contribution in [3.05, 3.63) is 30.1 Å². The van der Waals surface area contributed by atoms with E-state index in [1.54, 1.807) is 24.5 Å². The molecule has 66 valence electrons. The van der Waals surface area contributed by atoms with Crippen molar-refractivity contribution in [2.75, 3.05) is 0 Å². The monoisotopic (exact) mass is 168 g/mol. The van der Waals surface area contributed by atoms with Gasteiger partial charge in [-0.25, -0.2) is 0 Å². The summed E-state index contributed by atoms with van der Waals surface area (Å²) in [6.45, 7) is 0. The topological polar surface area (TPSA) is 79.4 Å². The molecule has 1 rings (SSSR count). The zero-order chi connectivity index (χ0) is 8.97. The highest BCUT2D eigenvalue weighted by Crippen LogP contribution is 2.01. The Labute approximate surface area is 70.7 Å². The molecule has 1 aromatic rings. The van der Waals surface area contributed by atoms with E-state index in [2.05, 4.69) is 4.98 Å². The van der Waals surface area contributed by atoms with Crippen LogP contribution in [0.1, 0.15) is 5.56 Å². The quantitative estimate of drug-likeness (QED) is 0.519. The summed E-state index contributed by atoms with van der Waals surface area (Å²) in [5.41, 5.74) is 6.38. The molecule has 0 aliphatic rings. The predicted molar refractivity (Wildman–Crippen MR) is 44.1 cm³/mol. The minimum absolute atomic E-state index is 0.445. The van der Waals surface area contributed by atoms with Gasteiger partial charge in [-0.05, 0) is 24.1 Å². The Balaban J connectivity index is 2.53. The first kappa shape index (κ1) is 9.12. The van der Waals surface area contributed by atoms with Crippen LogP contribution < -0.4 is 5.73 Å². The maximum Gasteiger partial charge on any atom is 0.167 e. The SMILES string of the molecule is N[C@H](Cc1ccncc1)C(O)O. The number of aliphatic hydroxyl groups excluding tert-OH is 1. The van der Waals surface area contributed by atoms with Crippen molar-refractivity contribution >= 4 is 0 Å². The van der Waals surface area contributed by atoms with Gasteiger partial charge in [0.1, 0.15) is 0 Å². The summed E-state index contributed by atoms with van der Waals surface area (Å²) in [6, 6.07) is 2.96. The second-order valence-electron chi connectivity index (χ2n) is 2.64. The number of pyridine rings is 1. The number of nitrogens with two attached hydrogens (primary N) is 1. The van der Waals surface area contributed by atoms with E-state index in [0.29, 0.717) is 6.42 Å². The summed E-state index contributed by atoms with van der Waals surface area (Å²) in [7, 11) is 0. The lowest BCUT2D eigenvalue weighted by Gasteiger charge is -2.12. The summed E-state index contributed by atoms with van der Waals surface area (Å²) in [5.74, 6) is 0. The van der Waals surface area contributed by atoms with Crippen molar-refractivity contribution in [2.45, 2.75) is 18.8 Å². The van der Waals surface area contributed by atoms with Gasteiger partial charge in [-0.3, -0.25) is 4.98 Å². The molecule has 0 fully saturated rings. The normalized spacial score (nSPS) is 13.3. The molecule has 1 aromatic heterocycles. The third-order valence-electron chi connectivity index (χ3n) is 1.60. The second-order valence-corrected chi connectivity index (χ2v) is 2.64. The summed E-state index contributed by atoms with van der Waals surface area (Å²) in [6.07, 6.45) is 2.27. The Morgan fingerprint density at radius 1 is 1.33 bits per heavy atom. The van der Waals surface area contributed by atoms with Crippen molar-refractivity contribution in [1.29, 1.82) is 0 Å². The van der Waals surface area contributed by atoms with E-state index in [4.69, 9.17) is 15.9 Å². The largest absolute Gasteiger partial charge is 0.367 e. The highest BCUT2D eigenvalue weighted by Gasteiger charge is 2.10. The number of rotatable bonds is 3. The van der Waals surface area contributed by atoms with Crippen LogP contribution in [0.2, 0.25) is 0 Å². The third kappa shape index (κ3) is 2.58. The van der Waals surface area contributed by atoms with Gasteiger partial charge < -0.3 is 15.9 Å². The Bertz CT molecular complexity index is 226. The first-order chi connectivity index (χ1) is 5.70. The van der Waals surface area contributed by atoms with Gasteiger partial charge >= 0.3 is 0 Å². The molecule has 0 unspecified atom stereocenters. The van der Waals surface area contributed by atoms with Crippen LogP contribution in [0, 0.1) is 0 Å². The maximum absolute atomic E-state index is 8.70. The highest BCUT2D eigenvalue weighted by atomic mass is 16.5. The zero-order valence-corrected chi connectivity index (χ0v) is 6.59. The molecular formula is C8H12N2O2. The zero-order valence-electron chi connectivity index (χ0n) is 6.59. The third-order valence-corrected chi connectivity index (χ3v) is 1.60. The molecular weight excluding hydrogens is 156 g/mol. The molecule has 0 spiro atoms. The van der Waals surface area contributed by atoms with Crippen LogP contribution in [0.25, 0.3) is 0 Å². The smallest absolute Gasteiger partial charge is 0.167 e. The Hall–Kier alpha value is -0.970. The van der Waals surface area contributed by atoms with Crippen LogP contribution in [-0.4, -0.2) is 27.5 Å². The van der Waals surface area contributed by atoms with Gasteiger partial charge in [0.05, 0.1) is 6.04 Å². The van der Waals surface area contributed by atoms with Crippen LogP contribution in [0.4, 0.5) is 0 Å². The van der Waals surface area contributed by atoms with E-state index in [1.807, 2.05) is 0 Å². The predicted octanol–water partition coefficient (Wildman–Crippen LogP) is -0.738. The van der Waals surface area contributed by atoms with Gasteiger partial charge in [-0.2, -0.15) is 0 Å². The minimum Gasteiger partial charge on any atom is -0.367 e. The van der Waals surface area contributed by atoms with E-state index in [-0.39, 0.29) is 0 Å². The first-order valence-corrected chi connectivity index (χ1v) is 3.71. The lowest BCUT2D eigenvalue weighted by Crippen LogP contribution is -2.36. The summed E-state index contributed by atoms with van der Waals surface area (Å²) in [5, 5.41) is 17.4. The molecule has 0 aliphatic carbocycles. The fourth-order valence-corrected chi connectivity index (χ4v) is 0.896. The Morgan fingerprint density at radius 2 is 1.92 bits per heavy atom. The Morgan fingerprint density at radius 3 is 2.42 bits per heavy atom. The van der Waals surface area contributed by atoms with Gasteiger partial charge in [0, 0.05) is 12.4 Å². The lowest BCUT2D eigenvalue weighted by molar-refractivity contribution is -0.0577. The molecule has 4 heteroatoms. The average Bonchev–Trinajstić information content (AvgIpc) is 2.06. The van der Waals surface area contributed by atoms with E-state index < -0.39 is 12.3 Å². The van der Waals surface area contributed by atoms with E-state index >= 15 is 0 Å². The summed E-state index contributed by atoms with van der Waals surface area (Å²) in [4.78, 5) is 3.83. The fourth-order valence-electron chi connectivity index (χ4n) is 0.896. The van der Waals surface area contributed by atoms with E-state index in [9.17, 15) is 0 Å². The van der Waals surface area contributed by atoms with Crippen molar-refractivity contribution < 1.29 is 10.2 Å². The standard InChI is InChI=1S/C8H12N2O2/c9-7(8(11)12)5-6-1-3-10-4-2-6/h1-4,7-8,11-12H,5,9H2/t7-/m1/s1. The molecule has 1 heterocycles. The van der Waals surface area contributed by atoms with E-state index in [1.165, 1.54) is 0 Å². The number of aromatic nitrogens is 1. The van der Waals surface area contributed by atoms with E-state index in [0.717, 1.165) is 5.56 Å². The average molecular weight is 168 g/mol. The first-order valence-electron chi connectivity index (χ1n) is 3.71. The molecule has 4 nitrogen and oxygen atoms in total. The molecule has 0 aliphatic heterocycles. The molecule has 1 atom stereocenters. The van der Waals surface area contributed by atoms with Crippen LogP contribution in [0.15, 0.2) is 24.5 Å². The molecule has 0 amide bonds. The van der Waals surface area contributed by atoms with Crippen LogP contribution in [-0.2, 0) is 6.42 Å². The highest BCUT2D eigenvalue weighted by molar-refractivity contribution is 5.11. The molecule has 0 saturated carbocycles. The molecule has 4 N–H and O–H groups in total.